The van der Waals surface area contributed by atoms with E-state index < -0.39 is 0 Å². The molecule has 1 aromatic rings. The van der Waals surface area contributed by atoms with E-state index in [1.807, 2.05) is 6.92 Å². The molecule has 1 saturated carbocycles. The van der Waals surface area contributed by atoms with E-state index in [2.05, 4.69) is 37.9 Å². The molecule has 15 heavy (non-hydrogen) atoms. The number of halogens is 2. The third kappa shape index (κ3) is 2.64. The monoisotopic (exact) mass is 288 g/mol. The average molecular weight is 290 g/mol. The van der Waals surface area contributed by atoms with Gasteiger partial charge in [0.25, 0.3) is 0 Å². The Morgan fingerprint density at radius 3 is 2.80 bits per heavy atom. The minimum atomic E-state index is 0.660. The van der Waals surface area contributed by atoms with E-state index in [0.29, 0.717) is 11.9 Å². The van der Waals surface area contributed by atoms with Gasteiger partial charge in [0.2, 0.25) is 0 Å². The molecule has 1 aliphatic rings. The lowest BCUT2D eigenvalue weighted by molar-refractivity contribution is 0.808. The molecule has 82 valence electrons. The van der Waals surface area contributed by atoms with Crippen molar-refractivity contribution in [3.8, 4) is 0 Å². The summed E-state index contributed by atoms with van der Waals surface area (Å²) in [7, 11) is 0. The molecule has 2 nitrogen and oxygen atoms in total. The Labute approximate surface area is 104 Å². The lowest BCUT2D eigenvalue weighted by atomic mass is 10.3. The summed E-state index contributed by atoms with van der Waals surface area (Å²) in [5.74, 6) is 1.71. The van der Waals surface area contributed by atoms with Gasteiger partial charge in [0.05, 0.1) is 5.69 Å². The summed E-state index contributed by atoms with van der Waals surface area (Å²) >= 11 is 9.27. The van der Waals surface area contributed by atoms with Gasteiger partial charge in [0.1, 0.15) is 5.82 Å². The molecule has 0 bridgehead atoms. The molecule has 0 N–H and O–H groups in total. The largest absolute Gasteiger partial charge is 0.352 e. The highest BCUT2D eigenvalue weighted by molar-refractivity contribution is 9.10. The van der Waals surface area contributed by atoms with Gasteiger partial charge in [0, 0.05) is 22.9 Å². The topological polar surface area (TPSA) is 16.1 Å². The van der Waals surface area contributed by atoms with Crippen LogP contribution in [0.2, 0.25) is 0 Å². The van der Waals surface area contributed by atoms with E-state index in [4.69, 9.17) is 11.6 Å². The van der Waals surface area contributed by atoms with Crippen LogP contribution in [-0.4, -0.2) is 23.5 Å². The van der Waals surface area contributed by atoms with Crippen LogP contribution in [0.5, 0.6) is 0 Å². The lowest BCUT2D eigenvalue weighted by Crippen LogP contribution is -2.28. The van der Waals surface area contributed by atoms with E-state index in [9.17, 15) is 0 Å². The summed E-state index contributed by atoms with van der Waals surface area (Å²) in [4.78, 5) is 6.89. The number of hydrogen-bond donors (Lipinski definition) is 0. The van der Waals surface area contributed by atoms with Gasteiger partial charge in [-0.15, -0.1) is 11.6 Å². The van der Waals surface area contributed by atoms with Gasteiger partial charge in [-0.2, -0.15) is 0 Å². The van der Waals surface area contributed by atoms with Gasteiger partial charge in [-0.25, -0.2) is 4.98 Å². The molecule has 1 aromatic heterocycles. The number of aryl methyl sites for hydroxylation is 1. The normalized spacial score (nSPS) is 15.4. The van der Waals surface area contributed by atoms with Crippen molar-refractivity contribution < 1.29 is 0 Å². The Kier molecular flexibility index (Phi) is 3.52. The Hall–Kier alpha value is -0.280. The number of hydrogen-bond acceptors (Lipinski definition) is 2. The quantitative estimate of drug-likeness (QED) is 0.790. The maximum Gasteiger partial charge on any atom is 0.129 e. The molecule has 0 radical (unpaired) electrons. The third-order valence-electron chi connectivity index (χ3n) is 2.61. The second-order valence-corrected chi connectivity index (χ2v) is 5.08. The smallest absolute Gasteiger partial charge is 0.129 e. The Morgan fingerprint density at radius 1 is 1.53 bits per heavy atom. The lowest BCUT2D eigenvalue weighted by Gasteiger charge is -2.22. The van der Waals surface area contributed by atoms with Crippen LogP contribution in [0, 0.1) is 6.92 Å². The van der Waals surface area contributed by atoms with Crippen molar-refractivity contribution in [2.75, 3.05) is 17.3 Å². The molecule has 0 aromatic carbocycles. The van der Waals surface area contributed by atoms with Crippen LogP contribution >= 0.6 is 27.5 Å². The summed E-state index contributed by atoms with van der Waals surface area (Å²) in [6.07, 6.45) is 2.54. The van der Waals surface area contributed by atoms with Gasteiger partial charge in [0.15, 0.2) is 0 Å². The first kappa shape index (κ1) is 11.2. The number of aromatic nitrogens is 1. The van der Waals surface area contributed by atoms with Gasteiger partial charge in [-0.05, 0) is 47.8 Å². The van der Waals surface area contributed by atoms with E-state index in [-0.39, 0.29) is 0 Å². The summed E-state index contributed by atoms with van der Waals surface area (Å²) in [5, 5.41) is 0. The summed E-state index contributed by atoms with van der Waals surface area (Å²) in [5.41, 5.74) is 1.03. The predicted octanol–water partition coefficient (Wildman–Crippen LogP) is 3.36. The van der Waals surface area contributed by atoms with Crippen molar-refractivity contribution in [3.63, 3.8) is 0 Å². The average Bonchev–Trinajstić information content (AvgIpc) is 3.02. The second kappa shape index (κ2) is 4.71. The van der Waals surface area contributed by atoms with Crippen LogP contribution in [0.3, 0.4) is 0 Å². The van der Waals surface area contributed by atoms with Crippen molar-refractivity contribution in [2.24, 2.45) is 0 Å². The Bertz CT molecular complexity index is 352. The van der Waals surface area contributed by atoms with Crippen molar-refractivity contribution in [2.45, 2.75) is 25.8 Å². The zero-order chi connectivity index (χ0) is 10.8. The molecule has 0 saturated heterocycles. The summed E-state index contributed by atoms with van der Waals surface area (Å²) in [6.45, 7) is 2.90. The predicted molar refractivity (Wildman–Crippen MR) is 67.8 cm³/mol. The fourth-order valence-corrected chi connectivity index (χ4v) is 2.06. The molecule has 1 heterocycles. The first-order chi connectivity index (χ1) is 7.22. The standard InChI is InChI=1S/C11H14BrClN2/c1-8-10(12)4-5-11(14-8)15(7-6-13)9-2-3-9/h4-5,9H,2-3,6-7H2,1H3. The maximum absolute atomic E-state index is 5.81. The van der Waals surface area contributed by atoms with Crippen molar-refractivity contribution in [3.05, 3.63) is 22.3 Å². The molecule has 0 atom stereocenters. The fourth-order valence-electron chi connectivity index (χ4n) is 1.65. The minimum Gasteiger partial charge on any atom is -0.352 e. The Balaban J connectivity index is 2.21. The van der Waals surface area contributed by atoms with Crippen molar-refractivity contribution in [1.82, 2.24) is 4.98 Å². The molecular weight excluding hydrogens is 275 g/mol. The number of pyridine rings is 1. The number of nitrogens with zero attached hydrogens (tertiary/aromatic N) is 2. The van der Waals surface area contributed by atoms with E-state index in [1.165, 1.54) is 12.8 Å². The van der Waals surface area contributed by atoms with Crippen LogP contribution in [0.1, 0.15) is 18.5 Å². The zero-order valence-corrected chi connectivity index (χ0v) is 11.1. The van der Waals surface area contributed by atoms with Crippen LogP contribution in [-0.2, 0) is 0 Å². The van der Waals surface area contributed by atoms with Crippen LogP contribution < -0.4 is 4.90 Å². The van der Waals surface area contributed by atoms with E-state index in [1.54, 1.807) is 0 Å². The number of anilines is 1. The van der Waals surface area contributed by atoms with Gasteiger partial charge in [-0.3, -0.25) is 0 Å². The van der Waals surface area contributed by atoms with Gasteiger partial charge < -0.3 is 4.90 Å². The molecule has 0 spiro atoms. The molecular formula is C11H14BrClN2. The van der Waals surface area contributed by atoms with Crippen LogP contribution in [0.4, 0.5) is 5.82 Å². The van der Waals surface area contributed by atoms with E-state index in [0.717, 1.165) is 22.5 Å². The second-order valence-electron chi connectivity index (χ2n) is 3.85. The maximum atomic E-state index is 5.81. The first-order valence-electron chi connectivity index (χ1n) is 5.18. The molecule has 1 aliphatic carbocycles. The molecule has 4 heteroatoms. The molecule has 1 fully saturated rings. The first-order valence-corrected chi connectivity index (χ1v) is 6.51. The van der Waals surface area contributed by atoms with Gasteiger partial charge >= 0.3 is 0 Å². The van der Waals surface area contributed by atoms with Crippen molar-refractivity contribution >= 4 is 33.3 Å². The molecule has 0 amide bonds. The molecule has 2 rings (SSSR count). The molecule has 0 aliphatic heterocycles. The summed E-state index contributed by atoms with van der Waals surface area (Å²) < 4.78 is 1.06. The highest BCUT2D eigenvalue weighted by Gasteiger charge is 2.29. The number of rotatable bonds is 4. The summed E-state index contributed by atoms with van der Waals surface area (Å²) in [6, 6.07) is 4.78. The fraction of sp³-hybridized carbons (Fsp3) is 0.545. The highest BCUT2D eigenvalue weighted by atomic mass is 79.9. The number of alkyl halides is 1. The van der Waals surface area contributed by atoms with Crippen LogP contribution in [0.25, 0.3) is 0 Å². The minimum absolute atomic E-state index is 0.660. The van der Waals surface area contributed by atoms with Crippen LogP contribution in [0.15, 0.2) is 16.6 Å². The Morgan fingerprint density at radius 2 is 2.27 bits per heavy atom. The van der Waals surface area contributed by atoms with Crippen molar-refractivity contribution in [1.29, 1.82) is 0 Å². The molecule has 0 unspecified atom stereocenters. The SMILES string of the molecule is Cc1nc(N(CCCl)C2CC2)ccc1Br. The van der Waals surface area contributed by atoms with E-state index >= 15 is 0 Å². The zero-order valence-electron chi connectivity index (χ0n) is 8.71. The van der Waals surface area contributed by atoms with Gasteiger partial charge in [-0.1, -0.05) is 0 Å². The highest BCUT2D eigenvalue weighted by Crippen LogP contribution is 2.31. The third-order valence-corrected chi connectivity index (χ3v) is 3.62.